The van der Waals surface area contributed by atoms with Gasteiger partial charge in [0.25, 0.3) is 5.91 Å². The molecule has 0 spiro atoms. The van der Waals surface area contributed by atoms with Crippen LogP contribution in [-0.2, 0) is 21.2 Å². The molecule has 3 aromatic rings. The molecule has 11 heteroatoms. The SMILES string of the molecule is COc1ccc(C(=O)N2CCc3ccc(NC(=O)C4CCCN(S(=O)(=O)c5cc(Cl)ccc5OC)C4)cc32)cc1. The quantitative estimate of drug-likeness (QED) is 0.436. The summed E-state index contributed by atoms with van der Waals surface area (Å²) in [5.41, 5.74) is 2.86. The highest BCUT2D eigenvalue weighted by Crippen LogP contribution is 2.34. The van der Waals surface area contributed by atoms with Crippen molar-refractivity contribution in [1.29, 1.82) is 0 Å². The van der Waals surface area contributed by atoms with Gasteiger partial charge in [-0.05, 0) is 79.4 Å². The molecule has 1 unspecified atom stereocenters. The molecule has 40 heavy (non-hydrogen) atoms. The lowest BCUT2D eigenvalue weighted by Gasteiger charge is -2.31. The van der Waals surface area contributed by atoms with Crippen molar-refractivity contribution in [2.24, 2.45) is 5.92 Å². The molecule has 0 radical (unpaired) electrons. The Morgan fingerprint density at radius 2 is 1.75 bits per heavy atom. The van der Waals surface area contributed by atoms with E-state index in [1.165, 1.54) is 23.5 Å². The number of anilines is 2. The van der Waals surface area contributed by atoms with Crippen molar-refractivity contribution in [3.05, 3.63) is 76.8 Å². The van der Waals surface area contributed by atoms with Crippen molar-refractivity contribution in [2.45, 2.75) is 24.2 Å². The van der Waals surface area contributed by atoms with Crippen LogP contribution in [0, 0.1) is 5.92 Å². The predicted octanol–water partition coefficient (Wildman–Crippen LogP) is 4.60. The first-order chi connectivity index (χ1) is 19.2. The number of halogens is 1. The van der Waals surface area contributed by atoms with E-state index < -0.39 is 15.9 Å². The Morgan fingerprint density at radius 3 is 2.48 bits per heavy atom. The van der Waals surface area contributed by atoms with Crippen LogP contribution < -0.4 is 19.7 Å². The molecule has 2 heterocycles. The number of methoxy groups -OCH3 is 2. The number of carbonyl (C=O) groups excluding carboxylic acids is 2. The molecule has 0 aliphatic carbocycles. The molecule has 2 aliphatic rings. The fraction of sp³-hybridized carbons (Fsp3) is 0.310. The fourth-order valence-corrected chi connectivity index (χ4v) is 7.11. The number of carbonyl (C=O) groups is 2. The third-order valence-corrected chi connectivity index (χ3v) is 9.45. The highest BCUT2D eigenvalue weighted by molar-refractivity contribution is 7.89. The van der Waals surface area contributed by atoms with E-state index >= 15 is 0 Å². The number of hydrogen-bond donors (Lipinski definition) is 1. The van der Waals surface area contributed by atoms with E-state index in [0.29, 0.717) is 49.4 Å². The first-order valence-electron chi connectivity index (χ1n) is 12.9. The molecule has 0 bridgehead atoms. The molecular formula is C29H30ClN3O6S. The number of hydrogen-bond acceptors (Lipinski definition) is 6. The van der Waals surface area contributed by atoms with Crippen molar-refractivity contribution in [2.75, 3.05) is 44.1 Å². The summed E-state index contributed by atoms with van der Waals surface area (Å²) in [7, 11) is -0.958. The average molecular weight is 584 g/mol. The molecule has 1 N–H and O–H groups in total. The number of rotatable bonds is 7. The summed E-state index contributed by atoms with van der Waals surface area (Å²) in [6.07, 6.45) is 1.81. The Morgan fingerprint density at radius 1 is 0.975 bits per heavy atom. The van der Waals surface area contributed by atoms with Crippen LogP contribution >= 0.6 is 11.6 Å². The Kier molecular flexibility index (Phi) is 8.02. The molecule has 3 aromatic carbocycles. The van der Waals surface area contributed by atoms with Crippen LogP contribution in [0.4, 0.5) is 11.4 Å². The van der Waals surface area contributed by atoms with Gasteiger partial charge in [0.15, 0.2) is 0 Å². The number of nitrogens with zero attached hydrogens (tertiary/aromatic N) is 2. The first kappa shape index (κ1) is 27.9. The van der Waals surface area contributed by atoms with Crippen LogP contribution in [0.3, 0.4) is 0 Å². The van der Waals surface area contributed by atoms with Crippen LogP contribution in [0.1, 0.15) is 28.8 Å². The molecule has 1 fully saturated rings. The lowest BCUT2D eigenvalue weighted by molar-refractivity contribution is -0.120. The Labute approximate surface area is 238 Å². The number of benzene rings is 3. The van der Waals surface area contributed by atoms with E-state index in [4.69, 9.17) is 21.1 Å². The normalized spacial score (nSPS) is 17.3. The van der Waals surface area contributed by atoms with Gasteiger partial charge in [-0.15, -0.1) is 0 Å². The first-order valence-corrected chi connectivity index (χ1v) is 14.8. The molecule has 1 saturated heterocycles. The molecule has 0 saturated carbocycles. The molecule has 1 atom stereocenters. The minimum atomic E-state index is -3.93. The molecule has 2 aliphatic heterocycles. The Hall–Kier alpha value is -3.60. The zero-order chi connectivity index (χ0) is 28.4. The summed E-state index contributed by atoms with van der Waals surface area (Å²) >= 11 is 6.07. The van der Waals surface area contributed by atoms with Gasteiger partial charge in [-0.3, -0.25) is 9.59 Å². The second kappa shape index (κ2) is 11.5. The van der Waals surface area contributed by atoms with E-state index in [0.717, 1.165) is 11.3 Å². The van der Waals surface area contributed by atoms with Crippen LogP contribution in [0.5, 0.6) is 11.5 Å². The van der Waals surface area contributed by atoms with Gasteiger partial charge in [-0.1, -0.05) is 17.7 Å². The monoisotopic (exact) mass is 583 g/mol. The van der Waals surface area contributed by atoms with E-state index in [9.17, 15) is 18.0 Å². The van der Waals surface area contributed by atoms with Gasteiger partial charge < -0.3 is 19.7 Å². The number of piperidine rings is 1. The van der Waals surface area contributed by atoms with Gasteiger partial charge in [0.2, 0.25) is 15.9 Å². The van der Waals surface area contributed by atoms with Gasteiger partial charge in [0, 0.05) is 41.6 Å². The average Bonchev–Trinajstić information content (AvgIpc) is 3.40. The van der Waals surface area contributed by atoms with Crippen molar-refractivity contribution in [1.82, 2.24) is 4.31 Å². The summed E-state index contributed by atoms with van der Waals surface area (Å²) in [5.74, 6) is -0.0793. The second-order valence-corrected chi connectivity index (χ2v) is 12.1. The summed E-state index contributed by atoms with van der Waals surface area (Å²) in [4.78, 5) is 28.2. The van der Waals surface area contributed by atoms with Gasteiger partial charge >= 0.3 is 0 Å². The molecule has 9 nitrogen and oxygen atoms in total. The van der Waals surface area contributed by atoms with Crippen LogP contribution in [0.25, 0.3) is 0 Å². The Bertz CT molecular complexity index is 1540. The number of ether oxygens (including phenoxy) is 2. The lowest BCUT2D eigenvalue weighted by Crippen LogP contribution is -2.43. The minimum absolute atomic E-state index is 0.0243. The highest BCUT2D eigenvalue weighted by Gasteiger charge is 2.35. The summed E-state index contributed by atoms with van der Waals surface area (Å²) in [6, 6.07) is 16.9. The van der Waals surface area contributed by atoms with Crippen molar-refractivity contribution < 1.29 is 27.5 Å². The third kappa shape index (κ3) is 5.52. The summed E-state index contributed by atoms with van der Waals surface area (Å²) in [5, 5.41) is 3.22. The zero-order valence-corrected chi connectivity index (χ0v) is 23.8. The van der Waals surface area contributed by atoms with E-state index in [1.54, 1.807) is 48.4 Å². The van der Waals surface area contributed by atoms with E-state index in [2.05, 4.69) is 5.32 Å². The number of fused-ring (bicyclic) bond motifs is 1. The van der Waals surface area contributed by atoms with Crippen molar-refractivity contribution in [3.8, 4) is 11.5 Å². The standard InChI is InChI=1S/C29H30ClN3O6S/c1-38-24-10-6-20(7-11-24)29(35)33-15-13-19-5-9-23(17-25(19)33)31-28(34)21-4-3-14-32(18-21)40(36,37)27-16-22(30)8-12-26(27)39-2/h5-12,16-17,21H,3-4,13-15,18H2,1-2H3,(H,31,34). The maximum absolute atomic E-state index is 13.4. The topological polar surface area (TPSA) is 105 Å². The molecular weight excluding hydrogens is 554 g/mol. The summed E-state index contributed by atoms with van der Waals surface area (Å²) < 4.78 is 38.6. The fourth-order valence-electron chi connectivity index (χ4n) is 5.17. The molecule has 2 amide bonds. The molecule has 0 aromatic heterocycles. The minimum Gasteiger partial charge on any atom is -0.497 e. The van der Waals surface area contributed by atoms with Crippen LogP contribution in [-0.4, -0.2) is 58.4 Å². The largest absolute Gasteiger partial charge is 0.497 e. The van der Waals surface area contributed by atoms with E-state index in [1.807, 2.05) is 12.1 Å². The number of amides is 2. The van der Waals surface area contributed by atoms with Crippen LogP contribution in [0.2, 0.25) is 5.02 Å². The highest BCUT2D eigenvalue weighted by atomic mass is 35.5. The molecule has 5 rings (SSSR count). The number of nitrogens with one attached hydrogen (secondary N) is 1. The van der Waals surface area contributed by atoms with E-state index in [-0.39, 0.29) is 34.0 Å². The smallest absolute Gasteiger partial charge is 0.258 e. The van der Waals surface area contributed by atoms with Crippen LogP contribution in [0.15, 0.2) is 65.6 Å². The lowest BCUT2D eigenvalue weighted by atomic mass is 9.98. The van der Waals surface area contributed by atoms with Crippen molar-refractivity contribution >= 4 is 44.8 Å². The third-order valence-electron chi connectivity index (χ3n) is 7.33. The summed E-state index contributed by atoms with van der Waals surface area (Å²) in [6.45, 7) is 0.875. The van der Waals surface area contributed by atoms with Gasteiger partial charge in [-0.25, -0.2) is 8.42 Å². The molecule has 210 valence electrons. The zero-order valence-electron chi connectivity index (χ0n) is 22.2. The van der Waals surface area contributed by atoms with Gasteiger partial charge in [0.05, 0.1) is 20.1 Å². The predicted molar refractivity (Wildman–Crippen MR) is 153 cm³/mol. The maximum atomic E-state index is 13.4. The van der Waals surface area contributed by atoms with Gasteiger partial charge in [0.1, 0.15) is 16.4 Å². The second-order valence-electron chi connectivity index (χ2n) is 9.77. The number of sulfonamides is 1. The van der Waals surface area contributed by atoms with Gasteiger partial charge in [-0.2, -0.15) is 4.31 Å². The Balaban J connectivity index is 1.30. The van der Waals surface area contributed by atoms with Crippen molar-refractivity contribution in [3.63, 3.8) is 0 Å². The maximum Gasteiger partial charge on any atom is 0.258 e.